The summed E-state index contributed by atoms with van der Waals surface area (Å²) in [5.41, 5.74) is 1.52. The minimum absolute atomic E-state index is 0. The molecule has 2 saturated heterocycles. The fraction of sp³-hybridized carbons (Fsp3) is 0.522. The Balaban J connectivity index is 0.00000218. The van der Waals surface area contributed by atoms with Crippen molar-refractivity contribution in [1.82, 2.24) is 10.2 Å². The van der Waals surface area contributed by atoms with Gasteiger partial charge in [-0.1, -0.05) is 18.2 Å². The molecular formula is C23H30IN3O3. The molecule has 2 aromatic rings. The molecule has 0 aliphatic carbocycles. The van der Waals surface area contributed by atoms with Gasteiger partial charge in [0.25, 0.3) is 0 Å². The minimum atomic E-state index is 0. The highest BCUT2D eigenvalue weighted by Crippen LogP contribution is 2.38. The summed E-state index contributed by atoms with van der Waals surface area (Å²) in [6, 6.07) is 12.5. The summed E-state index contributed by atoms with van der Waals surface area (Å²) in [5.74, 6) is 2.96. The summed E-state index contributed by atoms with van der Waals surface area (Å²) in [5, 5.41) is 3.77. The van der Waals surface area contributed by atoms with E-state index in [0.29, 0.717) is 12.0 Å². The lowest BCUT2D eigenvalue weighted by Crippen LogP contribution is -2.44. The van der Waals surface area contributed by atoms with E-state index >= 15 is 0 Å². The van der Waals surface area contributed by atoms with Gasteiger partial charge in [0.2, 0.25) is 0 Å². The first-order chi connectivity index (χ1) is 14.3. The third-order valence-electron chi connectivity index (χ3n) is 6.38. The lowest BCUT2D eigenvalue weighted by molar-refractivity contribution is 0.156. The molecule has 1 spiro atoms. The molecule has 0 amide bonds. The number of benzene rings is 1. The predicted molar refractivity (Wildman–Crippen MR) is 127 cm³/mol. The van der Waals surface area contributed by atoms with Crippen LogP contribution in [0.2, 0.25) is 0 Å². The van der Waals surface area contributed by atoms with E-state index in [1.165, 1.54) is 12.0 Å². The van der Waals surface area contributed by atoms with Crippen molar-refractivity contribution >= 4 is 29.9 Å². The number of ether oxygens (including phenoxy) is 2. The Morgan fingerprint density at radius 1 is 1.17 bits per heavy atom. The SMILES string of the molecule is I.c1coc(CCN=C(NC2CCOc3ccccc32)N2CCC3(CCOC3)C2)c1. The maximum atomic E-state index is 5.84. The molecule has 6 nitrogen and oxygen atoms in total. The topological polar surface area (TPSA) is 59.2 Å². The molecule has 0 radical (unpaired) electrons. The predicted octanol–water partition coefficient (Wildman–Crippen LogP) is 4.02. The Morgan fingerprint density at radius 2 is 2.10 bits per heavy atom. The Hall–Kier alpha value is -1.74. The van der Waals surface area contributed by atoms with Crippen LogP contribution in [0.25, 0.3) is 0 Å². The first kappa shape index (κ1) is 21.5. The summed E-state index contributed by atoms with van der Waals surface area (Å²) in [6.07, 6.45) is 5.81. The van der Waals surface area contributed by atoms with Crippen LogP contribution in [0, 0.1) is 5.41 Å². The van der Waals surface area contributed by atoms with Crippen molar-refractivity contribution < 1.29 is 13.9 Å². The molecule has 7 heteroatoms. The second-order valence-electron chi connectivity index (χ2n) is 8.38. The van der Waals surface area contributed by atoms with Crippen LogP contribution in [0.5, 0.6) is 5.75 Å². The number of halogens is 1. The number of guanidine groups is 1. The first-order valence-electron chi connectivity index (χ1n) is 10.7. The van der Waals surface area contributed by atoms with Gasteiger partial charge in [0.15, 0.2) is 5.96 Å². The van der Waals surface area contributed by atoms with Crippen LogP contribution in [0.1, 0.15) is 36.6 Å². The van der Waals surface area contributed by atoms with Crippen molar-refractivity contribution in [2.24, 2.45) is 10.4 Å². The summed E-state index contributed by atoms with van der Waals surface area (Å²) in [4.78, 5) is 7.42. The van der Waals surface area contributed by atoms with Gasteiger partial charge in [-0.3, -0.25) is 4.99 Å². The van der Waals surface area contributed by atoms with Crippen LogP contribution in [0.15, 0.2) is 52.1 Å². The zero-order chi connectivity index (χ0) is 19.5. The van der Waals surface area contributed by atoms with Gasteiger partial charge in [-0.15, -0.1) is 24.0 Å². The van der Waals surface area contributed by atoms with Crippen LogP contribution < -0.4 is 10.1 Å². The Morgan fingerprint density at radius 3 is 2.93 bits per heavy atom. The van der Waals surface area contributed by atoms with Crippen molar-refractivity contribution in [2.45, 2.75) is 31.7 Å². The van der Waals surface area contributed by atoms with E-state index in [-0.39, 0.29) is 30.0 Å². The minimum Gasteiger partial charge on any atom is -0.493 e. The number of rotatable bonds is 4. The van der Waals surface area contributed by atoms with Crippen molar-refractivity contribution in [1.29, 1.82) is 0 Å². The quantitative estimate of drug-likeness (QED) is 0.373. The van der Waals surface area contributed by atoms with Gasteiger partial charge in [-0.2, -0.15) is 0 Å². The van der Waals surface area contributed by atoms with E-state index in [1.54, 1.807) is 6.26 Å². The largest absolute Gasteiger partial charge is 0.493 e. The van der Waals surface area contributed by atoms with E-state index < -0.39 is 0 Å². The van der Waals surface area contributed by atoms with Crippen LogP contribution in [0.3, 0.4) is 0 Å². The van der Waals surface area contributed by atoms with E-state index in [4.69, 9.17) is 18.9 Å². The van der Waals surface area contributed by atoms with Crippen LogP contribution in [0.4, 0.5) is 0 Å². The Kier molecular flexibility index (Phi) is 6.87. The molecule has 2 atom stereocenters. The number of likely N-dealkylation sites (tertiary alicyclic amines) is 1. The van der Waals surface area contributed by atoms with Crippen molar-refractivity contribution in [3.8, 4) is 5.75 Å². The molecule has 3 aliphatic heterocycles. The molecule has 2 fully saturated rings. The summed E-state index contributed by atoms with van der Waals surface area (Å²) >= 11 is 0. The number of nitrogens with one attached hydrogen (secondary N) is 1. The average molecular weight is 523 g/mol. The second kappa shape index (κ2) is 9.60. The van der Waals surface area contributed by atoms with E-state index in [0.717, 1.165) is 69.6 Å². The first-order valence-corrected chi connectivity index (χ1v) is 10.7. The number of aliphatic imine (C=N–C) groups is 1. The van der Waals surface area contributed by atoms with Crippen molar-refractivity contribution in [3.05, 3.63) is 54.0 Å². The summed E-state index contributed by atoms with van der Waals surface area (Å²) < 4.78 is 17.0. The molecule has 1 aromatic carbocycles. The van der Waals surface area contributed by atoms with Gasteiger partial charge >= 0.3 is 0 Å². The van der Waals surface area contributed by atoms with Gasteiger partial charge < -0.3 is 24.1 Å². The summed E-state index contributed by atoms with van der Waals surface area (Å²) in [6.45, 7) is 5.25. The third kappa shape index (κ3) is 4.61. The number of hydrogen-bond donors (Lipinski definition) is 1. The van der Waals surface area contributed by atoms with E-state index in [9.17, 15) is 0 Å². The fourth-order valence-electron chi connectivity index (χ4n) is 4.70. The zero-order valence-corrected chi connectivity index (χ0v) is 19.5. The number of furan rings is 1. The number of fused-ring (bicyclic) bond motifs is 1. The van der Waals surface area contributed by atoms with Crippen LogP contribution >= 0.6 is 24.0 Å². The van der Waals surface area contributed by atoms with Crippen LogP contribution in [-0.2, 0) is 11.2 Å². The highest BCUT2D eigenvalue weighted by Gasteiger charge is 2.42. The van der Waals surface area contributed by atoms with Crippen LogP contribution in [-0.4, -0.2) is 50.3 Å². The van der Waals surface area contributed by atoms with Gasteiger partial charge in [0, 0.05) is 50.1 Å². The third-order valence-corrected chi connectivity index (χ3v) is 6.38. The average Bonchev–Trinajstić information content (AvgIpc) is 3.51. The monoisotopic (exact) mass is 523 g/mol. The molecule has 1 N–H and O–H groups in total. The fourth-order valence-corrected chi connectivity index (χ4v) is 4.70. The molecule has 30 heavy (non-hydrogen) atoms. The molecule has 1 aromatic heterocycles. The summed E-state index contributed by atoms with van der Waals surface area (Å²) in [7, 11) is 0. The second-order valence-corrected chi connectivity index (χ2v) is 8.38. The molecule has 5 rings (SSSR count). The molecule has 2 unspecified atom stereocenters. The van der Waals surface area contributed by atoms with E-state index in [2.05, 4.69) is 28.4 Å². The molecule has 4 heterocycles. The molecule has 0 saturated carbocycles. The lowest BCUT2D eigenvalue weighted by atomic mass is 9.87. The maximum absolute atomic E-state index is 5.84. The smallest absolute Gasteiger partial charge is 0.194 e. The Bertz CT molecular complexity index is 849. The van der Waals surface area contributed by atoms with Crippen molar-refractivity contribution in [3.63, 3.8) is 0 Å². The number of nitrogens with zero attached hydrogens (tertiary/aromatic N) is 2. The Labute approximate surface area is 195 Å². The van der Waals surface area contributed by atoms with Gasteiger partial charge in [0.1, 0.15) is 11.5 Å². The normalized spacial score (nSPS) is 25.7. The molecule has 0 bridgehead atoms. The van der Waals surface area contributed by atoms with Gasteiger partial charge in [-0.05, 0) is 31.0 Å². The highest BCUT2D eigenvalue weighted by molar-refractivity contribution is 14.0. The highest BCUT2D eigenvalue weighted by atomic mass is 127. The zero-order valence-electron chi connectivity index (χ0n) is 17.2. The standard InChI is InChI=1S/C23H29N3O3.HI/c1-2-6-21-19(5-1)20(8-14-29-21)25-22(24-11-7-18-4-3-13-28-18)26-12-9-23(16-26)10-15-27-17-23;/h1-6,13,20H,7-12,14-17H2,(H,24,25);1H. The maximum Gasteiger partial charge on any atom is 0.194 e. The van der Waals surface area contributed by atoms with Gasteiger partial charge in [-0.25, -0.2) is 0 Å². The molecule has 3 aliphatic rings. The number of para-hydroxylation sites is 1. The molecular weight excluding hydrogens is 493 g/mol. The lowest BCUT2D eigenvalue weighted by Gasteiger charge is -2.31. The number of hydrogen-bond acceptors (Lipinski definition) is 4. The van der Waals surface area contributed by atoms with E-state index in [1.807, 2.05) is 18.2 Å². The van der Waals surface area contributed by atoms with Gasteiger partial charge in [0.05, 0.1) is 25.5 Å². The molecule has 162 valence electrons. The van der Waals surface area contributed by atoms with Crippen molar-refractivity contribution in [2.75, 3.05) is 39.5 Å².